The van der Waals surface area contributed by atoms with Crippen molar-refractivity contribution in [3.8, 4) is 0 Å². The monoisotopic (exact) mass is 352 g/mol. The van der Waals surface area contributed by atoms with E-state index in [1.165, 1.54) is 14.2 Å². The Labute approximate surface area is 128 Å². The average Bonchev–Trinajstić information content (AvgIpc) is 2.39. The summed E-state index contributed by atoms with van der Waals surface area (Å²) in [6.07, 6.45) is -2.37. The molecule has 3 atom stereocenters. The molecule has 0 amide bonds. The van der Waals surface area contributed by atoms with Crippen LogP contribution in [0, 0.1) is 5.92 Å². The van der Waals surface area contributed by atoms with Crippen molar-refractivity contribution in [1.29, 1.82) is 0 Å². The maximum Gasteiger partial charge on any atom is 0.338 e. The molecule has 0 rings (SSSR count). The van der Waals surface area contributed by atoms with E-state index in [1.807, 2.05) is 13.8 Å². The van der Waals surface area contributed by atoms with E-state index in [2.05, 4.69) is 25.4 Å². The van der Waals surface area contributed by atoms with Gasteiger partial charge in [-0.25, -0.2) is 9.59 Å². The van der Waals surface area contributed by atoms with Crippen LogP contribution < -0.4 is 0 Å². The Morgan fingerprint density at radius 2 is 1.45 bits per heavy atom. The van der Waals surface area contributed by atoms with Crippen LogP contribution in [0.3, 0.4) is 0 Å². The van der Waals surface area contributed by atoms with Crippen LogP contribution in [0.25, 0.3) is 0 Å². The largest absolute Gasteiger partial charge is 0.467 e. The smallest absolute Gasteiger partial charge is 0.338 e. The molecule has 0 bridgehead atoms. The van der Waals surface area contributed by atoms with Crippen LogP contribution in [0.5, 0.6) is 0 Å². The van der Waals surface area contributed by atoms with Crippen LogP contribution in [0.15, 0.2) is 0 Å². The van der Waals surface area contributed by atoms with Crippen LogP contribution in [0.1, 0.15) is 13.8 Å². The summed E-state index contributed by atoms with van der Waals surface area (Å²) in [5, 5.41) is -0.422. The summed E-state index contributed by atoms with van der Waals surface area (Å²) < 4.78 is 20.4. The van der Waals surface area contributed by atoms with Crippen molar-refractivity contribution in [2.24, 2.45) is 5.92 Å². The summed E-state index contributed by atoms with van der Waals surface area (Å²) in [4.78, 5) is 23.7. The molecule has 0 aromatic carbocycles. The van der Waals surface area contributed by atoms with Crippen LogP contribution >= 0.6 is 15.9 Å². The van der Waals surface area contributed by atoms with Gasteiger partial charge in [0.1, 0.15) is 5.01 Å². The van der Waals surface area contributed by atoms with Gasteiger partial charge in [0.2, 0.25) is 0 Å². The molecule has 0 saturated carbocycles. The SMILES string of the molecule is COC(=O)[C@H](OB(C)C)[C@@H](OC(Br)C(C)C)C(=O)OC. The molecule has 0 aromatic rings. The second-order valence-electron chi connectivity index (χ2n) is 4.80. The number of esters is 2. The Morgan fingerprint density at radius 1 is 1.00 bits per heavy atom. The first kappa shape index (κ1) is 19.4. The van der Waals surface area contributed by atoms with Crippen molar-refractivity contribution in [2.45, 2.75) is 44.7 Å². The predicted octanol–water partition coefficient (Wildman–Crippen LogP) is 1.73. The van der Waals surface area contributed by atoms with Gasteiger partial charge in [0.15, 0.2) is 12.2 Å². The van der Waals surface area contributed by atoms with E-state index in [0.29, 0.717) is 0 Å². The van der Waals surface area contributed by atoms with Gasteiger partial charge in [-0.15, -0.1) is 0 Å². The fraction of sp³-hybridized carbons (Fsp3) is 0.833. The van der Waals surface area contributed by atoms with Gasteiger partial charge >= 0.3 is 11.9 Å². The minimum absolute atomic E-state index is 0.0968. The van der Waals surface area contributed by atoms with Gasteiger partial charge in [-0.1, -0.05) is 43.4 Å². The summed E-state index contributed by atoms with van der Waals surface area (Å²) in [5.41, 5.74) is 0. The molecule has 0 N–H and O–H groups in total. The highest BCUT2D eigenvalue weighted by Gasteiger charge is 2.39. The minimum Gasteiger partial charge on any atom is -0.467 e. The summed E-state index contributed by atoms with van der Waals surface area (Å²) >= 11 is 3.31. The first-order valence-corrected chi connectivity index (χ1v) is 7.26. The van der Waals surface area contributed by atoms with Crippen molar-refractivity contribution < 1.29 is 28.5 Å². The lowest BCUT2D eigenvalue weighted by molar-refractivity contribution is -0.175. The van der Waals surface area contributed by atoms with Crippen LogP contribution in [0.4, 0.5) is 0 Å². The lowest BCUT2D eigenvalue weighted by atomic mass is 9.74. The van der Waals surface area contributed by atoms with Crippen molar-refractivity contribution >= 4 is 34.8 Å². The fourth-order valence-electron chi connectivity index (χ4n) is 1.32. The number of hydrogen-bond donors (Lipinski definition) is 0. The van der Waals surface area contributed by atoms with E-state index in [1.54, 1.807) is 13.6 Å². The van der Waals surface area contributed by atoms with E-state index in [0.717, 1.165) is 0 Å². The highest BCUT2D eigenvalue weighted by atomic mass is 79.9. The molecule has 0 aliphatic rings. The fourth-order valence-corrected chi connectivity index (χ4v) is 1.56. The van der Waals surface area contributed by atoms with Gasteiger partial charge in [0.25, 0.3) is 6.92 Å². The van der Waals surface area contributed by atoms with Gasteiger partial charge < -0.3 is 18.9 Å². The normalized spacial score (nSPS) is 15.4. The number of rotatable bonds is 8. The van der Waals surface area contributed by atoms with E-state index in [9.17, 15) is 9.59 Å². The van der Waals surface area contributed by atoms with E-state index < -0.39 is 29.2 Å². The molecule has 0 aliphatic heterocycles. The van der Waals surface area contributed by atoms with Crippen molar-refractivity contribution in [3.63, 3.8) is 0 Å². The number of hydrogen-bond acceptors (Lipinski definition) is 6. The molecule has 116 valence electrons. The third-order valence-corrected chi connectivity index (χ3v) is 3.63. The number of alkyl halides is 1. The number of carbonyl (C=O) groups is 2. The highest BCUT2D eigenvalue weighted by Crippen LogP contribution is 2.20. The number of ether oxygens (including phenoxy) is 3. The topological polar surface area (TPSA) is 71.1 Å². The second kappa shape index (κ2) is 9.36. The van der Waals surface area contributed by atoms with E-state index in [-0.39, 0.29) is 12.8 Å². The molecule has 0 radical (unpaired) electrons. The molecule has 0 aliphatic carbocycles. The van der Waals surface area contributed by atoms with Gasteiger partial charge in [0.05, 0.1) is 14.2 Å². The Bertz CT molecular complexity index is 323. The Hall–Kier alpha value is -0.595. The molecule has 0 heterocycles. The molecule has 8 heteroatoms. The molecule has 1 unspecified atom stereocenters. The Morgan fingerprint density at radius 3 is 1.80 bits per heavy atom. The summed E-state index contributed by atoms with van der Waals surface area (Å²) in [5.74, 6) is -1.27. The highest BCUT2D eigenvalue weighted by molar-refractivity contribution is 9.09. The lowest BCUT2D eigenvalue weighted by Crippen LogP contribution is -2.48. The maximum atomic E-state index is 11.9. The molecular weight excluding hydrogens is 331 g/mol. The molecule has 6 nitrogen and oxygen atoms in total. The van der Waals surface area contributed by atoms with E-state index in [4.69, 9.17) is 9.39 Å². The van der Waals surface area contributed by atoms with Crippen molar-refractivity contribution in [3.05, 3.63) is 0 Å². The molecule has 0 spiro atoms. The third kappa shape index (κ3) is 6.24. The van der Waals surface area contributed by atoms with Crippen LogP contribution in [-0.2, 0) is 28.5 Å². The Kier molecular flexibility index (Phi) is 9.08. The quantitative estimate of drug-likeness (QED) is 0.376. The van der Waals surface area contributed by atoms with Gasteiger partial charge in [-0.3, -0.25) is 0 Å². The molecular formula is C12H22BBrO6. The average molecular weight is 353 g/mol. The zero-order valence-corrected chi connectivity index (χ0v) is 14.3. The zero-order chi connectivity index (χ0) is 15.9. The predicted molar refractivity (Wildman–Crippen MR) is 78.8 cm³/mol. The molecule has 0 saturated heterocycles. The molecule has 20 heavy (non-hydrogen) atoms. The summed E-state index contributed by atoms with van der Waals surface area (Å²) in [7, 11) is 2.45. The number of halogens is 1. The minimum atomic E-state index is -1.19. The number of carbonyl (C=O) groups excluding carboxylic acids is 2. The molecule has 0 fully saturated rings. The number of methoxy groups -OCH3 is 2. The van der Waals surface area contributed by atoms with Gasteiger partial charge in [-0.2, -0.15) is 0 Å². The first-order chi connectivity index (χ1) is 9.24. The Balaban J connectivity index is 5.20. The zero-order valence-electron chi connectivity index (χ0n) is 12.7. The third-order valence-electron chi connectivity index (χ3n) is 2.36. The van der Waals surface area contributed by atoms with Crippen molar-refractivity contribution in [1.82, 2.24) is 0 Å². The van der Waals surface area contributed by atoms with Crippen molar-refractivity contribution in [2.75, 3.05) is 14.2 Å². The van der Waals surface area contributed by atoms with Gasteiger partial charge in [0, 0.05) is 0 Å². The van der Waals surface area contributed by atoms with Crippen LogP contribution in [0.2, 0.25) is 13.6 Å². The second-order valence-corrected chi connectivity index (χ2v) is 5.71. The summed E-state index contributed by atoms with van der Waals surface area (Å²) in [6, 6.07) is 0. The first-order valence-electron chi connectivity index (χ1n) is 6.35. The standard InChI is InChI=1S/C12H22BBrO6/c1-7(2)10(14)19-8(11(15)17-5)9(12(16)18-6)20-13(3)4/h7-10H,1-6H3/t8-,9-,10?/m1/s1. The molecule has 0 aromatic heterocycles. The maximum absolute atomic E-state index is 11.9. The van der Waals surface area contributed by atoms with Crippen LogP contribution in [-0.4, -0.2) is 50.3 Å². The van der Waals surface area contributed by atoms with E-state index >= 15 is 0 Å². The summed E-state index contributed by atoms with van der Waals surface area (Å²) in [6.45, 7) is 7.04. The lowest BCUT2D eigenvalue weighted by Gasteiger charge is -2.28. The van der Waals surface area contributed by atoms with Gasteiger partial charge in [-0.05, 0) is 5.92 Å².